The molecule has 1 aromatic rings. The molecule has 0 saturated heterocycles. The SMILES string of the molecule is Cc1cc(C(F)(F)F)cc(CBr)c1I. The molecule has 0 radical (unpaired) electrons. The topological polar surface area (TPSA) is 0 Å². The van der Waals surface area contributed by atoms with Gasteiger partial charge in [-0.3, -0.25) is 0 Å². The third-order valence-corrected chi connectivity index (χ3v) is 3.95. The van der Waals surface area contributed by atoms with Gasteiger partial charge < -0.3 is 0 Å². The van der Waals surface area contributed by atoms with Gasteiger partial charge in [-0.1, -0.05) is 15.9 Å². The molecule has 0 fully saturated rings. The molecule has 0 unspecified atom stereocenters. The zero-order chi connectivity index (χ0) is 10.9. The van der Waals surface area contributed by atoms with Crippen LogP contribution in [0.5, 0.6) is 0 Å². The Balaban J connectivity index is 3.30. The normalized spacial score (nSPS) is 11.9. The third-order valence-electron chi connectivity index (χ3n) is 1.80. The molecule has 0 atom stereocenters. The van der Waals surface area contributed by atoms with Gasteiger partial charge in [-0.2, -0.15) is 13.2 Å². The highest BCUT2D eigenvalue weighted by Gasteiger charge is 2.31. The minimum Gasteiger partial charge on any atom is -0.166 e. The number of alkyl halides is 4. The molecule has 0 N–H and O–H groups in total. The van der Waals surface area contributed by atoms with E-state index in [0.717, 1.165) is 3.57 Å². The maximum Gasteiger partial charge on any atom is 0.416 e. The lowest BCUT2D eigenvalue weighted by Gasteiger charge is -2.11. The summed E-state index contributed by atoms with van der Waals surface area (Å²) in [5.74, 6) is 0. The monoisotopic (exact) mass is 378 g/mol. The van der Waals surface area contributed by atoms with Crippen LogP contribution in [0.15, 0.2) is 12.1 Å². The van der Waals surface area contributed by atoms with Crippen molar-refractivity contribution in [1.82, 2.24) is 0 Å². The van der Waals surface area contributed by atoms with Gasteiger partial charge in [0.2, 0.25) is 0 Å². The lowest BCUT2D eigenvalue weighted by atomic mass is 10.1. The van der Waals surface area contributed by atoms with Crippen LogP contribution in [0, 0.1) is 10.5 Å². The van der Waals surface area contributed by atoms with Crippen LogP contribution in [0.3, 0.4) is 0 Å². The molecule has 0 aromatic heterocycles. The van der Waals surface area contributed by atoms with Crippen molar-refractivity contribution in [2.45, 2.75) is 18.4 Å². The van der Waals surface area contributed by atoms with E-state index in [1.807, 2.05) is 0 Å². The molecule has 0 heterocycles. The highest BCUT2D eigenvalue weighted by Crippen LogP contribution is 2.33. The van der Waals surface area contributed by atoms with Crippen molar-refractivity contribution in [1.29, 1.82) is 0 Å². The summed E-state index contributed by atoms with van der Waals surface area (Å²) in [6.07, 6.45) is -4.26. The van der Waals surface area contributed by atoms with Gasteiger partial charge in [-0.15, -0.1) is 0 Å². The van der Waals surface area contributed by atoms with Crippen LogP contribution in [0.2, 0.25) is 0 Å². The van der Waals surface area contributed by atoms with Gasteiger partial charge in [0.25, 0.3) is 0 Å². The van der Waals surface area contributed by atoms with E-state index in [2.05, 4.69) is 38.5 Å². The maximum absolute atomic E-state index is 12.4. The summed E-state index contributed by atoms with van der Waals surface area (Å²) in [4.78, 5) is 0. The van der Waals surface area contributed by atoms with Crippen molar-refractivity contribution in [3.63, 3.8) is 0 Å². The molecule has 14 heavy (non-hydrogen) atoms. The number of halogens is 5. The van der Waals surface area contributed by atoms with E-state index in [1.165, 1.54) is 12.1 Å². The summed E-state index contributed by atoms with van der Waals surface area (Å²) in [6.45, 7) is 1.68. The second-order valence-corrected chi connectivity index (χ2v) is 4.54. The summed E-state index contributed by atoms with van der Waals surface area (Å²) >= 11 is 5.22. The van der Waals surface area contributed by atoms with Crippen molar-refractivity contribution in [3.8, 4) is 0 Å². The van der Waals surface area contributed by atoms with E-state index in [1.54, 1.807) is 6.92 Å². The molecule has 0 aliphatic carbocycles. The summed E-state index contributed by atoms with van der Waals surface area (Å²) in [5.41, 5.74) is 0.762. The van der Waals surface area contributed by atoms with E-state index in [4.69, 9.17) is 0 Å². The summed E-state index contributed by atoms with van der Waals surface area (Å²) < 4.78 is 38.1. The van der Waals surface area contributed by atoms with Gasteiger partial charge in [0.1, 0.15) is 0 Å². The van der Waals surface area contributed by atoms with Crippen LogP contribution in [-0.2, 0) is 11.5 Å². The summed E-state index contributed by atoms with van der Waals surface area (Å²) in [6, 6.07) is 2.36. The summed E-state index contributed by atoms with van der Waals surface area (Å²) in [7, 11) is 0. The number of hydrogen-bond acceptors (Lipinski definition) is 0. The van der Waals surface area contributed by atoms with Gasteiger partial charge in [0, 0.05) is 8.90 Å². The second kappa shape index (κ2) is 4.38. The second-order valence-electron chi connectivity index (χ2n) is 2.90. The first-order valence-corrected chi connectivity index (χ1v) is 5.98. The van der Waals surface area contributed by atoms with Gasteiger partial charge in [-0.25, -0.2) is 0 Å². The Morgan fingerprint density at radius 1 is 1.36 bits per heavy atom. The predicted octanol–water partition coefficient (Wildman–Crippen LogP) is 4.51. The van der Waals surface area contributed by atoms with Crippen LogP contribution in [0.4, 0.5) is 13.2 Å². The Labute approximate surface area is 102 Å². The van der Waals surface area contributed by atoms with E-state index in [-0.39, 0.29) is 0 Å². The predicted molar refractivity (Wildman–Crippen MR) is 61.5 cm³/mol. The molecule has 78 valence electrons. The molecule has 0 aliphatic heterocycles. The molecule has 1 aromatic carbocycles. The lowest BCUT2D eigenvalue weighted by Crippen LogP contribution is -2.07. The Bertz CT molecular complexity index is 347. The quantitative estimate of drug-likeness (QED) is 0.498. The van der Waals surface area contributed by atoms with Crippen LogP contribution in [-0.4, -0.2) is 0 Å². The van der Waals surface area contributed by atoms with Gasteiger partial charge in [0.15, 0.2) is 0 Å². The lowest BCUT2D eigenvalue weighted by molar-refractivity contribution is -0.137. The average molecular weight is 379 g/mol. The number of aryl methyl sites for hydroxylation is 1. The first-order chi connectivity index (χ1) is 6.36. The van der Waals surface area contributed by atoms with Crippen molar-refractivity contribution in [2.24, 2.45) is 0 Å². The van der Waals surface area contributed by atoms with Gasteiger partial charge in [-0.05, 0) is 52.8 Å². The average Bonchev–Trinajstić information content (AvgIpc) is 2.07. The molecule has 0 bridgehead atoms. The van der Waals surface area contributed by atoms with Crippen LogP contribution in [0.1, 0.15) is 16.7 Å². The maximum atomic E-state index is 12.4. The standard InChI is InChI=1S/C9H7BrF3I/c1-5-2-7(9(11,12)13)3-6(4-10)8(5)14/h2-3H,4H2,1H3. The van der Waals surface area contributed by atoms with Crippen LogP contribution < -0.4 is 0 Å². The van der Waals surface area contributed by atoms with Crippen molar-refractivity contribution < 1.29 is 13.2 Å². The molecule has 0 amide bonds. The number of benzene rings is 1. The molecule has 0 aliphatic rings. The van der Waals surface area contributed by atoms with E-state index >= 15 is 0 Å². The molecule has 0 spiro atoms. The van der Waals surface area contributed by atoms with Crippen LogP contribution in [0.25, 0.3) is 0 Å². The Morgan fingerprint density at radius 3 is 2.36 bits per heavy atom. The van der Waals surface area contributed by atoms with E-state index in [9.17, 15) is 13.2 Å². The van der Waals surface area contributed by atoms with Gasteiger partial charge >= 0.3 is 6.18 Å². The van der Waals surface area contributed by atoms with E-state index < -0.39 is 11.7 Å². The molecular formula is C9H7BrF3I. The minimum atomic E-state index is -4.26. The zero-order valence-electron chi connectivity index (χ0n) is 7.25. The van der Waals surface area contributed by atoms with Crippen LogP contribution >= 0.6 is 38.5 Å². The van der Waals surface area contributed by atoms with Crippen molar-refractivity contribution in [3.05, 3.63) is 32.4 Å². The molecular weight excluding hydrogens is 372 g/mol. The molecule has 5 heteroatoms. The first-order valence-electron chi connectivity index (χ1n) is 3.78. The highest BCUT2D eigenvalue weighted by atomic mass is 127. The Kier molecular flexibility index (Phi) is 3.85. The first kappa shape index (κ1) is 12.3. The minimum absolute atomic E-state index is 0.441. The fourth-order valence-electron chi connectivity index (χ4n) is 1.10. The third kappa shape index (κ3) is 2.62. The zero-order valence-corrected chi connectivity index (χ0v) is 11.0. The van der Waals surface area contributed by atoms with Gasteiger partial charge in [0.05, 0.1) is 5.56 Å². The van der Waals surface area contributed by atoms with Crippen molar-refractivity contribution >= 4 is 38.5 Å². The molecule has 1 rings (SSSR count). The van der Waals surface area contributed by atoms with Crippen molar-refractivity contribution in [2.75, 3.05) is 0 Å². The fraction of sp³-hybridized carbons (Fsp3) is 0.333. The fourth-order valence-corrected chi connectivity index (χ4v) is 2.57. The molecule has 0 saturated carbocycles. The Morgan fingerprint density at radius 2 is 1.93 bits per heavy atom. The Hall–Kier alpha value is 0.220. The molecule has 0 nitrogen and oxygen atoms in total. The summed E-state index contributed by atoms with van der Waals surface area (Å²) in [5, 5.41) is 0.441. The smallest absolute Gasteiger partial charge is 0.166 e. The highest BCUT2D eigenvalue weighted by molar-refractivity contribution is 14.1. The number of rotatable bonds is 1. The number of hydrogen-bond donors (Lipinski definition) is 0. The largest absolute Gasteiger partial charge is 0.416 e. The van der Waals surface area contributed by atoms with E-state index in [0.29, 0.717) is 16.5 Å².